The summed E-state index contributed by atoms with van der Waals surface area (Å²) in [7, 11) is 2.07. The first-order valence-electron chi connectivity index (χ1n) is 6.55. The molecule has 1 saturated heterocycles. The highest BCUT2D eigenvalue weighted by atomic mass is 15.2. The molecule has 0 aromatic heterocycles. The lowest BCUT2D eigenvalue weighted by Crippen LogP contribution is -2.44. The van der Waals surface area contributed by atoms with Gasteiger partial charge in [0.1, 0.15) is 0 Å². The molecule has 3 atom stereocenters. The van der Waals surface area contributed by atoms with E-state index in [0.29, 0.717) is 5.41 Å². The Hall–Kier alpha value is -0.0800. The van der Waals surface area contributed by atoms with E-state index >= 15 is 0 Å². The molecule has 1 heterocycles. The van der Waals surface area contributed by atoms with Crippen molar-refractivity contribution in [3.8, 4) is 0 Å². The molecular formula is C13H26N2. The van der Waals surface area contributed by atoms with Crippen LogP contribution >= 0.6 is 0 Å². The zero-order chi connectivity index (χ0) is 10.9. The van der Waals surface area contributed by atoms with Gasteiger partial charge in [0.25, 0.3) is 0 Å². The summed E-state index contributed by atoms with van der Waals surface area (Å²) in [6.45, 7) is 8.58. The zero-order valence-electron chi connectivity index (χ0n) is 10.6. The maximum atomic E-state index is 3.35. The van der Waals surface area contributed by atoms with Gasteiger partial charge in [-0.15, -0.1) is 0 Å². The van der Waals surface area contributed by atoms with Crippen LogP contribution in [0.15, 0.2) is 0 Å². The predicted octanol–water partition coefficient (Wildman–Crippen LogP) is 2.11. The van der Waals surface area contributed by atoms with Crippen molar-refractivity contribution in [3.05, 3.63) is 0 Å². The van der Waals surface area contributed by atoms with Crippen molar-refractivity contribution >= 4 is 0 Å². The average Bonchev–Trinajstić information content (AvgIpc) is 2.79. The van der Waals surface area contributed by atoms with Crippen molar-refractivity contribution in [2.75, 3.05) is 26.7 Å². The van der Waals surface area contributed by atoms with Gasteiger partial charge < -0.3 is 5.32 Å². The van der Waals surface area contributed by atoms with Crippen molar-refractivity contribution in [2.24, 2.45) is 11.3 Å². The Kier molecular flexibility index (Phi) is 3.36. The molecule has 0 aromatic carbocycles. The van der Waals surface area contributed by atoms with Gasteiger partial charge >= 0.3 is 0 Å². The lowest BCUT2D eigenvalue weighted by molar-refractivity contribution is 0.126. The third kappa shape index (κ3) is 2.36. The summed E-state index contributed by atoms with van der Waals surface area (Å²) in [5, 5.41) is 3.35. The summed E-state index contributed by atoms with van der Waals surface area (Å²) in [5.74, 6) is 1.03. The molecule has 15 heavy (non-hydrogen) atoms. The Bertz CT molecular complexity index is 217. The molecule has 2 rings (SSSR count). The number of piperidine rings is 1. The number of rotatable bonds is 5. The van der Waals surface area contributed by atoms with Gasteiger partial charge in [-0.25, -0.2) is 0 Å². The first kappa shape index (κ1) is 11.4. The van der Waals surface area contributed by atoms with E-state index in [0.717, 1.165) is 18.5 Å². The van der Waals surface area contributed by atoms with Gasteiger partial charge in [-0.1, -0.05) is 13.8 Å². The number of hydrogen-bond donors (Lipinski definition) is 1. The van der Waals surface area contributed by atoms with E-state index < -0.39 is 0 Å². The van der Waals surface area contributed by atoms with E-state index in [1.54, 1.807) is 0 Å². The molecule has 0 amide bonds. The van der Waals surface area contributed by atoms with Crippen LogP contribution in [0, 0.1) is 11.3 Å². The molecule has 2 fully saturated rings. The Morgan fingerprint density at radius 2 is 2.20 bits per heavy atom. The lowest BCUT2D eigenvalue weighted by atomic mass is 9.86. The van der Waals surface area contributed by atoms with Gasteiger partial charge in [-0.05, 0) is 44.1 Å². The van der Waals surface area contributed by atoms with Gasteiger partial charge in [0.05, 0.1) is 0 Å². The Balaban J connectivity index is 1.89. The van der Waals surface area contributed by atoms with E-state index in [2.05, 4.69) is 31.1 Å². The molecule has 0 radical (unpaired) electrons. The SMILES string of the molecule is CCC(C)(CNC)CN1CC2CCC1C2. The van der Waals surface area contributed by atoms with Crippen molar-refractivity contribution in [3.63, 3.8) is 0 Å². The normalized spacial score (nSPS) is 34.6. The Morgan fingerprint density at radius 1 is 1.40 bits per heavy atom. The number of likely N-dealkylation sites (tertiary alicyclic amines) is 1. The van der Waals surface area contributed by atoms with Gasteiger partial charge in [-0.3, -0.25) is 4.90 Å². The highest BCUT2D eigenvalue weighted by Crippen LogP contribution is 2.39. The summed E-state index contributed by atoms with van der Waals surface area (Å²) in [6, 6.07) is 0.928. The van der Waals surface area contributed by atoms with Crippen molar-refractivity contribution < 1.29 is 0 Å². The fourth-order valence-corrected chi connectivity index (χ4v) is 3.43. The topological polar surface area (TPSA) is 15.3 Å². The number of hydrogen-bond acceptors (Lipinski definition) is 2. The summed E-state index contributed by atoms with van der Waals surface area (Å²) in [5.41, 5.74) is 0.471. The average molecular weight is 210 g/mol. The standard InChI is InChI=1S/C13H26N2/c1-4-13(2,9-14-3)10-15-8-11-5-6-12(15)7-11/h11-12,14H,4-10H2,1-3H3. The Morgan fingerprint density at radius 3 is 2.67 bits per heavy atom. The van der Waals surface area contributed by atoms with Crippen LogP contribution in [-0.4, -0.2) is 37.6 Å². The van der Waals surface area contributed by atoms with Gasteiger partial charge in [-0.2, -0.15) is 0 Å². The van der Waals surface area contributed by atoms with Crippen LogP contribution in [0.3, 0.4) is 0 Å². The quantitative estimate of drug-likeness (QED) is 0.747. The van der Waals surface area contributed by atoms with Crippen LogP contribution in [0.2, 0.25) is 0 Å². The van der Waals surface area contributed by atoms with E-state index in [1.165, 1.54) is 38.8 Å². The molecule has 1 aliphatic carbocycles. The molecule has 2 nitrogen and oxygen atoms in total. The maximum absolute atomic E-state index is 3.35. The first-order valence-corrected chi connectivity index (χ1v) is 6.55. The minimum absolute atomic E-state index is 0.471. The molecule has 0 spiro atoms. The number of fused-ring (bicyclic) bond motifs is 2. The molecule has 1 aliphatic heterocycles. The van der Waals surface area contributed by atoms with Gasteiger partial charge in [0.2, 0.25) is 0 Å². The van der Waals surface area contributed by atoms with Crippen LogP contribution in [0.25, 0.3) is 0 Å². The predicted molar refractivity (Wildman–Crippen MR) is 65.0 cm³/mol. The fourth-order valence-electron chi connectivity index (χ4n) is 3.43. The molecule has 0 aromatic rings. The second kappa shape index (κ2) is 4.42. The lowest BCUT2D eigenvalue weighted by Gasteiger charge is -2.37. The van der Waals surface area contributed by atoms with Crippen molar-refractivity contribution in [1.82, 2.24) is 10.2 Å². The molecule has 2 aliphatic rings. The molecule has 1 N–H and O–H groups in total. The third-order valence-corrected chi connectivity index (χ3v) is 4.56. The largest absolute Gasteiger partial charge is 0.319 e. The van der Waals surface area contributed by atoms with E-state index in [1.807, 2.05) is 0 Å². The number of nitrogens with zero attached hydrogens (tertiary/aromatic N) is 1. The van der Waals surface area contributed by atoms with Gasteiger partial charge in [0.15, 0.2) is 0 Å². The Labute approximate surface area is 94.4 Å². The van der Waals surface area contributed by atoms with Crippen molar-refractivity contribution in [1.29, 1.82) is 0 Å². The minimum atomic E-state index is 0.471. The second-order valence-corrected chi connectivity index (χ2v) is 5.96. The van der Waals surface area contributed by atoms with E-state index in [4.69, 9.17) is 0 Å². The van der Waals surface area contributed by atoms with Crippen LogP contribution < -0.4 is 5.32 Å². The first-order chi connectivity index (χ1) is 7.17. The van der Waals surface area contributed by atoms with Gasteiger partial charge in [0, 0.05) is 25.7 Å². The smallest absolute Gasteiger partial charge is 0.00988 e. The highest BCUT2D eigenvalue weighted by molar-refractivity contribution is 4.94. The van der Waals surface area contributed by atoms with Crippen LogP contribution in [0.5, 0.6) is 0 Å². The van der Waals surface area contributed by atoms with Crippen molar-refractivity contribution in [2.45, 2.75) is 45.6 Å². The molecular weight excluding hydrogens is 184 g/mol. The molecule has 88 valence electrons. The van der Waals surface area contributed by atoms with E-state index in [-0.39, 0.29) is 0 Å². The fraction of sp³-hybridized carbons (Fsp3) is 1.00. The summed E-state index contributed by atoms with van der Waals surface area (Å²) in [4.78, 5) is 2.76. The number of nitrogens with one attached hydrogen (secondary N) is 1. The third-order valence-electron chi connectivity index (χ3n) is 4.56. The summed E-state index contributed by atoms with van der Waals surface area (Å²) >= 11 is 0. The molecule has 2 heteroatoms. The second-order valence-electron chi connectivity index (χ2n) is 5.96. The van der Waals surface area contributed by atoms with Crippen LogP contribution in [-0.2, 0) is 0 Å². The monoisotopic (exact) mass is 210 g/mol. The van der Waals surface area contributed by atoms with Crippen LogP contribution in [0.4, 0.5) is 0 Å². The zero-order valence-corrected chi connectivity index (χ0v) is 10.6. The summed E-state index contributed by atoms with van der Waals surface area (Å²) in [6.07, 6.45) is 5.72. The molecule has 2 bridgehead atoms. The molecule has 1 saturated carbocycles. The molecule has 3 unspecified atom stereocenters. The van der Waals surface area contributed by atoms with Crippen LogP contribution in [0.1, 0.15) is 39.5 Å². The summed E-state index contributed by atoms with van der Waals surface area (Å²) < 4.78 is 0. The minimum Gasteiger partial charge on any atom is -0.319 e. The maximum Gasteiger partial charge on any atom is 0.00988 e. The van der Waals surface area contributed by atoms with E-state index in [9.17, 15) is 0 Å². The highest BCUT2D eigenvalue weighted by Gasteiger charge is 2.40.